The van der Waals surface area contributed by atoms with Gasteiger partial charge in [0.15, 0.2) is 11.5 Å². The number of esters is 1. The first-order valence-electron chi connectivity index (χ1n) is 8.59. The second-order valence-corrected chi connectivity index (χ2v) is 5.90. The van der Waals surface area contributed by atoms with E-state index in [1.165, 1.54) is 44.7 Å². The van der Waals surface area contributed by atoms with E-state index in [2.05, 4.69) is 15.3 Å². The summed E-state index contributed by atoms with van der Waals surface area (Å²) in [6.07, 6.45) is 1.38. The van der Waals surface area contributed by atoms with Crippen LogP contribution in [0.4, 0.5) is 11.5 Å². The molecule has 0 saturated heterocycles. The lowest BCUT2D eigenvalue weighted by Crippen LogP contribution is -2.18. The average Bonchev–Trinajstić information content (AvgIpc) is 2.78. The number of aromatic nitrogens is 2. The van der Waals surface area contributed by atoms with Gasteiger partial charge >= 0.3 is 5.97 Å². The van der Waals surface area contributed by atoms with Crippen molar-refractivity contribution in [3.05, 3.63) is 76.1 Å². The zero-order valence-electron chi connectivity index (χ0n) is 16.0. The van der Waals surface area contributed by atoms with Crippen LogP contribution in [0.25, 0.3) is 11.3 Å². The van der Waals surface area contributed by atoms with E-state index in [-0.39, 0.29) is 22.8 Å². The molecule has 0 unspecified atom stereocenters. The normalized spacial score (nSPS) is 10.2. The Morgan fingerprint density at radius 1 is 1.07 bits per heavy atom. The fourth-order valence-corrected chi connectivity index (χ4v) is 2.62. The lowest BCUT2D eigenvalue weighted by molar-refractivity contribution is -0.384. The van der Waals surface area contributed by atoms with Gasteiger partial charge in [0.1, 0.15) is 5.75 Å². The topological polar surface area (TPSA) is 134 Å². The van der Waals surface area contributed by atoms with Crippen molar-refractivity contribution in [2.45, 2.75) is 0 Å². The largest absolute Gasteiger partial charge is 0.496 e. The number of nitrogens with zero attached hydrogens (tertiary/aromatic N) is 3. The van der Waals surface area contributed by atoms with Crippen LogP contribution in [0, 0.1) is 10.1 Å². The lowest BCUT2D eigenvalue weighted by atomic mass is 10.1. The summed E-state index contributed by atoms with van der Waals surface area (Å²) in [7, 11) is 2.69. The number of rotatable bonds is 6. The standard InChI is InChI=1S/C20H16N4O6/c1-29-16-6-4-3-5-14(16)15-11-21-18(17(22-15)20(26)30-2)23-19(25)12-7-9-13(10-8-12)24(27)28/h3-11H,1-2H3,(H,21,23,25). The van der Waals surface area contributed by atoms with Gasteiger partial charge < -0.3 is 14.8 Å². The highest BCUT2D eigenvalue weighted by Gasteiger charge is 2.21. The van der Waals surface area contributed by atoms with E-state index in [0.717, 1.165) is 0 Å². The maximum atomic E-state index is 12.5. The van der Waals surface area contributed by atoms with Gasteiger partial charge in [-0.25, -0.2) is 14.8 Å². The molecule has 1 heterocycles. The molecule has 0 radical (unpaired) electrons. The van der Waals surface area contributed by atoms with Crippen molar-refractivity contribution in [2.75, 3.05) is 19.5 Å². The molecule has 10 nitrogen and oxygen atoms in total. The molecule has 0 aliphatic rings. The number of anilines is 1. The Balaban J connectivity index is 1.95. The molecule has 1 aromatic heterocycles. The minimum absolute atomic E-state index is 0.108. The molecule has 0 atom stereocenters. The van der Waals surface area contributed by atoms with E-state index in [9.17, 15) is 19.7 Å². The van der Waals surface area contributed by atoms with Crippen LogP contribution in [0.15, 0.2) is 54.7 Å². The zero-order valence-corrected chi connectivity index (χ0v) is 16.0. The number of nitro groups is 1. The van der Waals surface area contributed by atoms with E-state index in [4.69, 9.17) is 9.47 Å². The number of nitrogens with one attached hydrogen (secondary N) is 1. The van der Waals surface area contributed by atoms with Crippen LogP contribution in [0.5, 0.6) is 5.75 Å². The van der Waals surface area contributed by atoms with Gasteiger partial charge in [-0.3, -0.25) is 14.9 Å². The number of amides is 1. The number of hydrogen-bond donors (Lipinski definition) is 1. The van der Waals surface area contributed by atoms with Crippen molar-refractivity contribution in [1.82, 2.24) is 9.97 Å². The number of nitro benzene ring substituents is 1. The molecule has 0 saturated carbocycles. The van der Waals surface area contributed by atoms with E-state index in [0.29, 0.717) is 17.0 Å². The first-order chi connectivity index (χ1) is 14.4. The smallest absolute Gasteiger partial charge is 0.360 e. The van der Waals surface area contributed by atoms with Gasteiger partial charge in [-0.2, -0.15) is 0 Å². The Bertz CT molecular complexity index is 1110. The zero-order chi connectivity index (χ0) is 21.7. The maximum Gasteiger partial charge on any atom is 0.360 e. The minimum Gasteiger partial charge on any atom is -0.496 e. The Hall–Kier alpha value is -4.34. The fourth-order valence-electron chi connectivity index (χ4n) is 2.62. The second kappa shape index (κ2) is 8.78. The van der Waals surface area contributed by atoms with Gasteiger partial charge in [0, 0.05) is 23.3 Å². The van der Waals surface area contributed by atoms with Crippen molar-refractivity contribution in [2.24, 2.45) is 0 Å². The summed E-state index contributed by atoms with van der Waals surface area (Å²) in [5, 5.41) is 13.2. The molecule has 1 N–H and O–H groups in total. The molecular weight excluding hydrogens is 392 g/mol. The van der Waals surface area contributed by atoms with Gasteiger partial charge in [0.05, 0.1) is 31.0 Å². The molecule has 10 heteroatoms. The maximum absolute atomic E-state index is 12.5. The van der Waals surface area contributed by atoms with E-state index < -0.39 is 16.8 Å². The van der Waals surface area contributed by atoms with Crippen molar-refractivity contribution in [3.8, 4) is 17.0 Å². The number of carbonyl (C=O) groups excluding carboxylic acids is 2. The van der Waals surface area contributed by atoms with Crippen molar-refractivity contribution < 1.29 is 24.0 Å². The highest BCUT2D eigenvalue weighted by molar-refractivity contribution is 6.06. The quantitative estimate of drug-likeness (QED) is 0.374. The number of benzene rings is 2. The number of ether oxygens (including phenoxy) is 2. The molecule has 0 spiro atoms. The number of para-hydroxylation sites is 1. The predicted octanol–water partition coefficient (Wildman–Crippen LogP) is 3.10. The molecule has 30 heavy (non-hydrogen) atoms. The summed E-state index contributed by atoms with van der Waals surface area (Å²) in [6, 6.07) is 12.0. The number of methoxy groups -OCH3 is 2. The highest BCUT2D eigenvalue weighted by atomic mass is 16.6. The lowest BCUT2D eigenvalue weighted by Gasteiger charge is -2.12. The number of non-ortho nitro benzene ring substituents is 1. The minimum atomic E-state index is -0.793. The summed E-state index contributed by atoms with van der Waals surface area (Å²) in [5.74, 6) is -0.984. The number of hydrogen-bond acceptors (Lipinski definition) is 8. The molecule has 3 aromatic rings. The summed E-state index contributed by atoms with van der Waals surface area (Å²) < 4.78 is 10.1. The molecule has 2 aromatic carbocycles. The van der Waals surface area contributed by atoms with Gasteiger partial charge in [0.2, 0.25) is 0 Å². The number of carbonyl (C=O) groups is 2. The average molecular weight is 408 g/mol. The summed E-state index contributed by atoms with van der Waals surface area (Å²) in [6.45, 7) is 0. The Morgan fingerprint density at radius 2 is 1.77 bits per heavy atom. The summed E-state index contributed by atoms with van der Waals surface area (Å²) >= 11 is 0. The molecule has 3 rings (SSSR count). The van der Waals surface area contributed by atoms with Crippen molar-refractivity contribution in [3.63, 3.8) is 0 Å². The summed E-state index contributed by atoms with van der Waals surface area (Å²) in [5.41, 5.74) is 0.748. The summed E-state index contributed by atoms with van der Waals surface area (Å²) in [4.78, 5) is 43.3. The van der Waals surface area contributed by atoms with E-state index >= 15 is 0 Å². The van der Waals surface area contributed by atoms with Gasteiger partial charge in [-0.1, -0.05) is 12.1 Å². The van der Waals surface area contributed by atoms with Crippen LogP contribution in [-0.2, 0) is 4.74 Å². The van der Waals surface area contributed by atoms with Crippen LogP contribution >= 0.6 is 0 Å². The predicted molar refractivity (Wildman–Crippen MR) is 106 cm³/mol. The van der Waals surface area contributed by atoms with Gasteiger partial charge in [-0.15, -0.1) is 0 Å². The Labute approximate surface area is 170 Å². The molecule has 152 valence electrons. The Morgan fingerprint density at radius 3 is 2.40 bits per heavy atom. The van der Waals surface area contributed by atoms with Crippen LogP contribution in [-0.4, -0.2) is 41.0 Å². The van der Waals surface area contributed by atoms with E-state index in [1.807, 2.05) is 0 Å². The highest BCUT2D eigenvalue weighted by Crippen LogP contribution is 2.29. The van der Waals surface area contributed by atoms with Crippen LogP contribution in [0.1, 0.15) is 20.8 Å². The van der Waals surface area contributed by atoms with Crippen LogP contribution in [0.2, 0.25) is 0 Å². The second-order valence-electron chi connectivity index (χ2n) is 5.90. The third-order valence-corrected chi connectivity index (χ3v) is 4.11. The van der Waals surface area contributed by atoms with Crippen molar-refractivity contribution in [1.29, 1.82) is 0 Å². The van der Waals surface area contributed by atoms with Gasteiger partial charge in [0.25, 0.3) is 11.6 Å². The first kappa shape index (κ1) is 20.4. The molecule has 1 amide bonds. The third-order valence-electron chi connectivity index (χ3n) is 4.11. The van der Waals surface area contributed by atoms with Crippen molar-refractivity contribution >= 4 is 23.4 Å². The Kier molecular flexibility index (Phi) is 5.97. The first-order valence-corrected chi connectivity index (χ1v) is 8.59. The molecular formula is C20H16N4O6. The molecule has 0 bridgehead atoms. The molecule has 0 aliphatic heterocycles. The molecule has 0 aliphatic carbocycles. The third kappa shape index (κ3) is 4.22. The monoisotopic (exact) mass is 408 g/mol. The van der Waals surface area contributed by atoms with Crippen LogP contribution in [0.3, 0.4) is 0 Å². The van der Waals surface area contributed by atoms with E-state index in [1.54, 1.807) is 24.3 Å². The molecule has 0 fully saturated rings. The van der Waals surface area contributed by atoms with Gasteiger partial charge in [-0.05, 0) is 24.3 Å². The fraction of sp³-hybridized carbons (Fsp3) is 0.100. The SMILES string of the molecule is COC(=O)c1nc(-c2ccccc2OC)cnc1NC(=O)c1ccc([N+](=O)[O-])cc1. The van der Waals surface area contributed by atoms with Crippen LogP contribution < -0.4 is 10.1 Å².